The van der Waals surface area contributed by atoms with Crippen molar-refractivity contribution in [3.05, 3.63) is 66.5 Å². The number of methoxy groups -OCH3 is 1. The number of anilines is 1. The van der Waals surface area contributed by atoms with Crippen LogP contribution in [-0.4, -0.2) is 64.2 Å². The van der Waals surface area contributed by atoms with Crippen molar-refractivity contribution in [3.63, 3.8) is 0 Å². The topological polar surface area (TPSA) is 81.8 Å². The van der Waals surface area contributed by atoms with E-state index in [1.807, 2.05) is 64.5 Å². The Morgan fingerprint density at radius 3 is 2.53 bits per heavy atom. The summed E-state index contributed by atoms with van der Waals surface area (Å²) < 4.78 is 5.44. The van der Waals surface area contributed by atoms with Crippen LogP contribution in [0.1, 0.15) is 44.1 Å². The highest BCUT2D eigenvalue weighted by Crippen LogP contribution is 2.40. The van der Waals surface area contributed by atoms with Crippen LogP contribution < -0.4 is 9.64 Å². The molecule has 0 unspecified atom stereocenters. The summed E-state index contributed by atoms with van der Waals surface area (Å²) in [5, 5.41) is 6.89. The number of amides is 3. The lowest BCUT2D eigenvalue weighted by Gasteiger charge is -2.44. The van der Waals surface area contributed by atoms with Gasteiger partial charge in [0.15, 0.2) is 0 Å². The first-order chi connectivity index (χ1) is 18.6. The minimum absolute atomic E-state index is 0.0134. The Morgan fingerprint density at radius 2 is 1.84 bits per heavy atom. The van der Waals surface area contributed by atoms with Crippen LogP contribution in [0.5, 0.6) is 5.75 Å². The molecule has 2 aliphatic heterocycles. The summed E-state index contributed by atoms with van der Waals surface area (Å²) in [6, 6.07) is 16.1. The second-order valence-corrected chi connectivity index (χ2v) is 10.9. The summed E-state index contributed by atoms with van der Waals surface area (Å²) in [4.78, 5) is 33.2. The van der Waals surface area contributed by atoms with Gasteiger partial charge in [-0.25, -0.2) is 4.79 Å². The Balaban J connectivity index is 1.26. The van der Waals surface area contributed by atoms with Gasteiger partial charge >= 0.3 is 6.03 Å². The number of urea groups is 1. The van der Waals surface area contributed by atoms with Gasteiger partial charge in [-0.3, -0.25) is 14.8 Å². The van der Waals surface area contributed by atoms with Crippen molar-refractivity contribution >= 4 is 17.6 Å². The third-order valence-electron chi connectivity index (χ3n) is 8.68. The Labute approximate surface area is 223 Å². The SMILES string of the molecule is COc1cccc(CN2C(=O)N(c3ccc(-c4cn[nH]c4)cc3)CC23CCN(C(=O)C2CCCC2)CC3)c1. The van der Waals surface area contributed by atoms with Crippen molar-refractivity contribution in [1.82, 2.24) is 20.0 Å². The summed E-state index contributed by atoms with van der Waals surface area (Å²) in [7, 11) is 1.66. The molecule has 2 saturated heterocycles. The van der Waals surface area contributed by atoms with E-state index in [1.54, 1.807) is 13.3 Å². The average Bonchev–Trinajstić information content (AvgIpc) is 3.73. The van der Waals surface area contributed by atoms with Crippen molar-refractivity contribution in [2.24, 2.45) is 5.92 Å². The average molecular weight is 514 g/mol. The van der Waals surface area contributed by atoms with E-state index in [0.717, 1.165) is 66.7 Å². The number of rotatable bonds is 6. The maximum Gasteiger partial charge on any atom is 0.325 e. The molecule has 3 aliphatic rings. The predicted molar refractivity (Wildman–Crippen MR) is 146 cm³/mol. The van der Waals surface area contributed by atoms with Crippen LogP contribution in [0.2, 0.25) is 0 Å². The maximum atomic E-state index is 14.0. The van der Waals surface area contributed by atoms with Crippen LogP contribution in [0.3, 0.4) is 0 Å². The number of piperidine rings is 1. The smallest absolute Gasteiger partial charge is 0.325 e. The normalized spacial score (nSPS) is 19.5. The minimum atomic E-state index is -0.324. The monoisotopic (exact) mass is 513 g/mol. The fraction of sp³-hybridized carbons (Fsp3) is 0.433. The van der Waals surface area contributed by atoms with E-state index in [9.17, 15) is 9.59 Å². The van der Waals surface area contributed by atoms with Crippen LogP contribution in [0.25, 0.3) is 11.1 Å². The highest BCUT2D eigenvalue weighted by atomic mass is 16.5. The minimum Gasteiger partial charge on any atom is -0.497 e. The van der Waals surface area contributed by atoms with Gasteiger partial charge < -0.3 is 14.5 Å². The van der Waals surface area contributed by atoms with Gasteiger partial charge in [-0.05, 0) is 61.1 Å². The van der Waals surface area contributed by atoms with Crippen molar-refractivity contribution in [2.75, 3.05) is 31.6 Å². The highest BCUT2D eigenvalue weighted by Gasteiger charge is 2.51. The third-order valence-corrected chi connectivity index (χ3v) is 8.68. The van der Waals surface area contributed by atoms with Gasteiger partial charge in [0.05, 0.1) is 25.4 Å². The zero-order valence-electron chi connectivity index (χ0n) is 21.9. The number of aromatic amines is 1. The maximum absolute atomic E-state index is 14.0. The lowest BCUT2D eigenvalue weighted by Crippen LogP contribution is -2.55. The second kappa shape index (κ2) is 10.2. The van der Waals surface area contributed by atoms with E-state index >= 15 is 0 Å². The number of aromatic nitrogens is 2. The molecule has 8 heteroatoms. The standard InChI is InChI=1S/C30H35N5O3/c1-38-27-8-4-5-22(17-27)20-35-29(37)34(26-11-9-23(10-12-26)25-18-31-32-19-25)21-30(35)13-15-33(16-14-30)28(36)24-6-2-3-7-24/h4-5,8-12,17-19,24H,2-3,6-7,13-16,20-21H2,1H3,(H,31,32). The van der Waals surface area contributed by atoms with E-state index in [-0.39, 0.29) is 17.5 Å². The molecule has 0 atom stereocenters. The number of H-pyrrole nitrogens is 1. The van der Waals surface area contributed by atoms with Gasteiger partial charge in [0.25, 0.3) is 0 Å². The van der Waals surface area contributed by atoms with Crippen LogP contribution >= 0.6 is 0 Å². The van der Waals surface area contributed by atoms with Gasteiger partial charge in [-0.15, -0.1) is 0 Å². The number of ether oxygens (including phenoxy) is 1. The molecule has 6 rings (SSSR count). The molecular weight excluding hydrogens is 478 g/mol. The zero-order chi connectivity index (χ0) is 26.1. The van der Waals surface area contributed by atoms with Gasteiger partial charge in [0, 0.05) is 43.0 Å². The summed E-state index contributed by atoms with van der Waals surface area (Å²) in [6.45, 7) is 2.53. The molecule has 3 aromatic rings. The molecule has 8 nitrogen and oxygen atoms in total. The van der Waals surface area contributed by atoms with Crippen molar-refractivity contribution < 1.29 is 14.3 Å². The van der Waals surface area contributed by atoms with E-state index < -0.39 is 0 Å². The molecule has 3 heterocycles. The van der Waals surface area contributed by atoms with Crippen LogP contribution in [0, 0.1) is 5.92 Å². The van der Waals surface area contributed by atoms with E-state index in [0.29, 0.717) is 32.1 Å². The number of carbonyl (C=O) groups excluding carboxylic acids is 2. The summed E-state index contributed by atoms with van der Waals surface area (Å²) in [5.74, 6) is 1.28. The van der Waals surface area contributed by atoms with Crippen LogP contribution in [0.15, 0.2) is 60.9 Å². The van der Waals surface area contributed by atoms with E-state index in [4.69, 9.17) is 4.74 Å². The first-order valence-electron chi connectivity index (χ1n) is 13.7. The van der Waals surface area contributed by atoms with Gasteiger partial charge in [0.1, 0.15) is 5.75 Å². The number of likely N-dealkylation sites (tertiary alicyclic amines) is 1. The predicted octanol–water partition coefficient (Wildman–Crippen LogP) is 5.08. The first kappa shape index (κ1) is 24.5. The first-order valence-corrected chi connectivity index (χ1v) is 13.7. The molecule has 198 valence electrons. The van der Waals surface area contributed by atoms with E-state index in [2.05, 4.69) is 15.1 Å². The van der Waals surface area contributed by atoms with Crippen molar-refractivity contribution in [2.45, 2.75) is 50.6 Å². The number of nitrogens with one attached hydrogen (secondary N) is 1. The Hall–Kier alpha value is -3.81. The third kappa shape index (κ3) is 4.52. The largest absolute Gasteiger partial charge is 0.497 e. The van der Waals surface area contributed by atoms with Crippen molar-refractivity contribution in [1.29, 1.82) is 0 Å². The summed E-state index contributed by atoms with van der Waals surface area (Å²) >= 11 is 0. The second-order valence-electron chi connectivity index (χ2n) is 10.9. The Morgan fingerprint density at radius 1 is 1.08 bits per heavy atom. The summed E-state index contributed by atoms with van der Waals surface area (Å²) in [5.41, 5.74) is 3.67. The Kier molecular flexibility index (Phi) is 6.55. The molecule has 1 N–H and O–H groups in total. The quantitative estimate of drug-likeness (QED) is 0.499. The zero-order valence-corrected chi connectivity index (χ0v) is 21.9. The molecule has 2 aromatic carbocycles. The fourth-order valence-corrected chi connectivity index (χ4v) is 6.43. The highest BCUT2D eigenvalue weighted by molar-refractivity contribution is 5.95. The molecule has 0 radical (unpaired) electrons. The molecule has 1 spiro atoms. The lowest BCUT2D eigenvalue weighted by atomic mass is 9.85. The molecular formula is C30H35N5O3. The van der Waals surface area contributed by atoms with Gasteiger partial charge in [0.2, 0.25) is 5.91 Å². The number of carbonyl (C=O) groups is 2. The molecule has 0 bridgehead atoms. The number of hydrogen-bond acceptors (Lipinski definition) is 4. The Bertz CT molecular complexity index is 1280. The number of nitrogens with zero attached hydrogens (tertiary/aromatic N) is 4. The van der Waals surface area contributed by atoms with Crippen molar-refractivity contribution in [3.8, 4) is 16.9 Å². The molecule has 3 fully saturated rings. The molecule has 1 aromatic heterocycles. The molecule has 1 aliphatic carbocycles. The summed E-state index contributed by atoms with van der Waals surface area (Å²) in [6.07, 6.45) is 9.57. The van der Waals surface area contributed by atoms with Gasteiger partial charge in [-0.2, -0.15) is 5.10 Å². The molecule has 1 saturated carbocycles. The molecule has 3 amide bonds. The number of hydrogen-bond donors (Lipinski definition) is 1. The lowest BCUT2D eigenvalue weighted by molar-refractivity contribution is -0.137. The van der Waals surface area contributed by atoms with Gasteiger partial charge in [-0.1, -0.05) is 37.1 Å². The fourth-order valence-electron chi connectivity index (χ4n) is 6.43. The van der Waals surface area contributed by atoms with Crippen LogP contribution in [-0.2, 0) is 11.3 Å². The van der Waals surface area contributed by atoms with Crippen LogP contribution in [0.4, 0.5) is 10.5 Å². The number of benzene rings is 2. The van der Waals surface area contributed by atoms with E-state index in [1.165, 1.54) is 0 Å². The molecule has 38 heavy (non-hydrogen) atoms.